The van der Waals surface area contributed by atoms with Crippen LogP contribution in [0.4, 0.5) is 11.4 Å². The van der Waals surface area contributed by atoms with E-state index in [9.17, 15) is 19.2 Å². The van der Waals surface area contributed by atoms with Gasteiger partial charge < -0.3 is 9.47 Å². The second kappa shape index (κ2) is 10.1. The van der Waals surface area contributed by atoms with Crippen LogP contribution in [0.3, 0.4) is 0 Å². The largest absolute Gasteiger partial charge is 0.497 e. The van der Waals surface area contributed by atoms with Crippen LogP contribution in [0.25, 0.3) is 0 Å². The van der Waals surface area contributed by atoms with E-state index in [0.29, 0.717) is 22.9 Å². The number of anilines is 2. The molecule has 0 N–H and O–H groups in total. The smallest absolute Gasteiger partial charge is 0.253 e. The molecule has 222 valence electrons. The Morgan fingerprint density at radius 3 is 1.23 bits per heavy atom. The van der Waals surface area contributed by atoms with E-state index in [-0.39, 0.29) is 23.6 Å². The van der Waals surface area contributed by atoms with Crippen molar-refractivity contribution < 1.29 is 28.7 Å². The number of amides is 4. The van der Waals surface area contributed by atoms with Crippen LogP contribution < -0.4 is 19.3 Å². The summed E-state index contributed by atoms with van der Waals surface area (Å²) in [6.45, 7) is 0. The van der Waals surface area contributed by atoms with E-state index >= 15 is 0 Å². The average Bonchev–Trinajstić information content (AvgIpc) is 3.88. The standard InChI is InChI=1S/C32H26N4O6S2/c1-41-19-11-7-17(8-12-19)33-29(37)23-25(21-5-3-15-43-21)36-28-24(26(22-6-4-16-44-22)35(36)27(23)31(33)39)30(38)34(32(28)40)18-9-13-20(42-2)14-10-18/h3-16,23-28H,1-2H3/t23-,24-,25+,26+,27+,28+/m0/s1. The molecule has 4 aliphatic rings. The Morgan fingerprint density at radius 2 is 0.909 bits per heavy atom. The summed E-state index contributed by atoms with van der Waals surface area (Å²) < 4.78 is 10.6. The zero-order valence-corrected chi connectivity index (χ0v) is 25.2. The normalized spacial score (nSPS) is 28.1. The Bertz CT molecular complexity index is 1640. The van der Waals surface area contributed by atoms with Gasteiger partial charge in [-0.15, -0.1) is 22.7 Å². The maximum absolute atomic E-state index is 14.4. The monoisotopic (exact) mass is 626 g/mol. The van der Waals surface area contributed by atoms with Crippen molar-refractivity contribution in [1.82, 2.24) is 10.0 Å². The van der Waals surface area contributed by atoms with Gasteiger partial charge in [-0.3, -0.25) is 19.2 Å². The van der Waals surface area contributed by atoms with E-state index in [1.165, 1.54) is 32.5 Å². The number of carbonyl (C=O) groups is 4. The third-order valence-corrected chi connectivity index (χ3v) is 10.9. The zero-order chi connectivity index (χ0) is 30.3. The summed E-state index contributed by atoms with van der Waals surface area (Å²) in [4.78, 5) is 61.6. The fourth-order valence-electron chi connectivity index (χ4n) is 7.28. The van der Waals surface area contributed by atoms with Gasteiger partial charge in [-0.25, -0.2) is 19.8 Å². The summed E-state index contributed by atoms with van der Waals surface area (Å²) in [6.07, 6.45) is 0. The lowest BCUT2D eigenvalue weighted by molar-refractivity contribution is -0.135. The topological polar surface area (TPSA) is 99.7 Å². The van der Waals surface area contributed by atoms with Crippen molar-refractivity contribution in [2.24, 2.45) is 11.8 Å². The Balaban J connectivity index is 1.27. The molecule has 0 unspecified atom stereocenters. The number of rotatable bonds is 6. The molecule has 2 aromatic heterocycles. The molecule has 0 radical (unpaired) electrons. The number of nitrogens with zero attached hydrogens (tertiary/aromatic N) is 4. The SMILES string of the molecule is COc1ccc(N2C(=O)[C@H]3[C@@H](c4cccs4)N4[C@H]5C(=O)N(c6ccc(OC)cc6)C(=O)[C@H]5[C@@H](c5cccs5)N4[C@H]3C2=O)cc1. The Hall–Kier alpha value is -4.36. The molecular weight excluding hydrogens is 601 g/mol. The van der Waals surface area contributed by atoms with E-state index in [0.717, 1.165) is 9.75 Å². The maximum Gasteiger partial charge on any atom is 0.253 e. The van der Waals surface area contributed by atoms with E-state index in [1.54, 1.807) is 62.8 Å². The first-order valence-electron chi connectivity index (χ1n) is 14.1. The number of hydrogen-bond donors (Lipinski definition) is 0. The third-order valence-electron chi connectivity index (χ3n) is 9.06. The highest BCUT2D eigenvalue weighted by Crippen LogP contribution is 2.60. The van der Waals surface area contributed by atoms with Crippen molar-refractivity contribution in [2.45, 2.75) is 24.2 Å². The molecule has 0 spiro atoms. The first-order valence-corrected chi connectivity index (χ1v) is 15.9. The van der Waals surface area contributed by atoms with E-state index in [4.69, 9.17) is 9.47 Å². The lowest BCUT2D eigenvalue weighted by Crippen LogP contribution is -2.50. The van der Waals surface area contributed by atoms with Crippen molar-refractivity contribution >= 4 is 57.7 Å². The lowest BCUT2D eigenvalue weighted by Gasteiger charge is -2.35. The third kappa shape index (κ3) is 3.65. The van der Waals surface area contributed by atoms with Crippen molar-refractivity contribution in [3.05, 3.63) is 93.3 Å². The molecule has 0 aliphatic carbocycles. The van der Waals surface area contributed by atoms with Crippen LogP contribution in [0.1, 0.15) is 21.8 Å². The minimum absolute atomic E-state index is 0.330. The molecule has 6 heterocycles. The number of carbonyl (C=O) groups excluding carboxylic acids is 4. The molecule has 6 atom stereocenters. The van der Waals surface area contributed by atoms with Crippen LogP contribution in [0, 0.1) is 11.8 Å². The van der Waals surface area contributed by atoms with E-state index < -0.39 is 36.0 Å². The molecule has 4 aromatic rings. The van der Waals surface area contributed by atoms with Gasteiger partial charge in [0, 0.05) is 9.75 Å². The van der Waals surface area contributed by atoms with Crippen molar-refractivity contribution in [3.63, 3.8) is 0 Å². The predicted octanol–water partition coefficient (Wildman–Crippen LogP) is 4.27. The maximum atomic E-state index is 14.4. The molecule has 2 aromatic carbocycles. The number of hydrogen-bond acceptors (Lipinski definition) is 10. The molecule has 10 nitrogen and oxygen atoms in total. The minimum Gasteiger partial charge on any atom is -0.497 e. The van der Waals surface area contributed by atoms with Crippen molar-refractivity contribution in [2.75, 3.05) is 24.0 Å². The number of benzene rings is 2. The number of thiophene rings is 2. The first-order chi connectivity index (χ1) is 21.4. The number of imide groups is 2. The van der Waals surface area contributed by atoms with Crippen LogP contribution >= 0.6 is 22.7 Å². The van der Waals surface area contributed by atoms with Crippen LogP contribution in [0.2, 0.25) is 0 Å². The molecule has 44 heavy (non-hydrogen) atoms. The van der Waals surface area contributed by atoms with Gasteiger partial charge in [-0.1, -0.05) is 12.1 Å². The van der Waals surface area contributed by atoms with Crippen LogP contribution in [-0.2, 0) is 19.2 Å². The molecule has 4 fully saturated rings. The van der Waals surface area contributed by atoms with Gasteiger partial charge in [0.05, 0.1) is 49.5 Å². The second-order valence-corrected chi connectivity index (χ2v) is 13.0. The fraction of sp³-hybridized carbons (Fsp3) is 0.250. The molecule has 0 bridgehead atoms. The molecule has 0 saturated carbocycles. The lowest BCUT2D eigenvalue weighted by atomic mass is 9.88. The van der Waals surface area contributed by atoms with Crippen molar-refractivity contribution in [1.29, 1.82) is 0 Å². The highest BCUT2D eigenvalue weighted by molar-refractivity contribution is 7.10. The Kier molecular flexibility index (Phi) is 6.24. The number of methoxy groups -OCH3 is 2. The van der Waals surface area contributed by atoms with Gasteiger partial charge in [0.15, 0.2) is 0 Å². The molecule has 12 heteroatoms. The molecule has 4 amide bonds. The highest BCUT2D eigenvalue weighted by Gasteiger charge is 2.74. The van der Waals surface area contributed by atoms with Gasteiger partial charge in [0.1, 0.15) is 23.6 Å². The van der Waals surface area contributed by atoms with Crippen LogP contribution in [0.5, 0.6) is 11.5 Å². The van der Waals surface area contributed by atoms with E-state index in [1.807, 2.05) is 45.0 Å². The zero-order valence-electron chi connectivity index (χ0n) is 23.6. The van der Waals surface area contributed by atoms with Gasteiger partial charge in [0.25, 0.3) is 11.8 Å². The van der Waals surface area contributed by atoms with Gasteiger partial charge >= 0.3 is 0 Å². The van der Waals surface area contributed by atoms with E-state index in [2.05, 4.69) is 0 Å². The number of fused-ring (bicyclic) bond motifs is 5. The molecular formula is C32H26N4O6S2. The Labute approximate surface area is 260 Å². The second-order valence-electron chi connectivity index (χ2n) is 11.0. The first kappa shape index (κ1) is 27.2. The summed E-state index contributed by atoms with van der Waals surface area (Å²) >= 11 is 2.94. The molecule has 4 saturated heterocycles. The van der Waals surface area contributed by atoms with Gasteiger partial charge in [-0.2, -0.15) is 0 Å². The van der Waals surface area contributed by atoms with Gasteiger partial charge in [-0.05, 0) is 71.4 Å². The van der Waals surface area contributed by atoms with Gasteiger partial charge in [0.2, 0.25) is 11.8 Å². The highest BCUT2D eigenvalue weighted by atomic mass is 32.1. The quantitative estimate of drug-likeness (QED) is 0.293. The van der Waals surface area contributed by atoms with Crippen molar-refractivity contribution in [3.8, 4) is 11.5 Å². The summed E-state index contributed by atoms with van der Waals surface area (Å²) in [6, 6.07) is 18.3. The predicted molar refractivity (Wildman–Crippen MR) is 163 cm³/mol. The fourth-order valence-corrected chi connectivity index (χ4v) is 9.01. The summed E-state index contributed by atoms with van der Waals surface area (Å²) in [7, 11) is 3.11. The summed E-state index contributed by atoms with van der Waals surface area (Å²) in [5.74, 6) is -1.73. The number of ether oxygens (including phenoxy) is 2. The Morgan fingerprint density at radius 1 is 0.523 bits per heavy atom. The minimum atomic E-state index is -0.885. The van der Waals surface area contributed by atoms with Crippen LogP contribution in [0.15, 0.2) is 83.6 Å². The molecule has 8 rings (SSSR count). The number of hydrazine groups is 1. The van der Waals surface area contributed by atoms with Crippen LogP contribution in [-0.4, -0.2) is 59.9 Å². The summed E-state index contributed by atoms with van der Waals surface area (Å²) in [5.41, 5.74) is 0.910. The average molecular weight is 627 g/mol. The summed E-state index contributed by atoms with van der Waals surface area (Å²) in [5, 5.41) is 7.62. The molecule has 4 aliphatic heterocycles.